The van der Waals surface area contributed by atoms with Gasteiger partial charge in [0.15, 0.2) is 0 Å². The van der Waals surface area contributed by atoms with E-state index in [4.69, 9.17) is 10.00 Å². The summed E-state index contributed by atoms with van der Waals surface area (Å²) in [6, 6.07) is 19.0. The second-order valence-corrected chi connectivity index (χ2v) is 10.3. The number of halogens is 1. The van der Waals surface area contributed by atoms with E-state index in [-0.39, 0.29) is 29.8 Å². The smallest absolute Gasteiger partial charge is 0.272 e. The Kier molecular flexibility index (Phi) is 8.67. The molecule has 0 bridgehead atoms. The van der Waals surface area contributed by atoms with Crippen molar-refractivity contribution in [1.29, 1.82) is 5.26 Å². The number of benzene rings is 2. The van der Waals surface area contributed by atoms with E-state index in [9.17, 15) is 14.0 Å². The number of ether oxygens (including phenoxy) is 1. The van der Waals surface area contributed by atoms with Crippen molar-refractivity contribution in [2.45, 2.75) is 44.4 Å². The standard InChI is InChI=1S/C31H32FN5O3/c32-25-6-1-23(2-7-25)21-36-15-11-26(12-16-36)35-30(38)24-5-10-29(34-20-24)31(39)37-17-13-28(14-18-37)40-27-8-3-22(19-33)4-9-27/h1-10,20,26,28H,11-18,21H2,(H,35,38). The molecule has 0 radical (unpaired) electrons. The van der Waals surface area contributed by atoms with Crippen LogP contribution in [0.15, 0.2) is 66.9 Å². The first-order valence-corrected chi connectivity index (χ1v) is 13.7. The number of pyridine rings is 1. The van der Waals surface area contributed by atoms with Gasteiger partial charge in [0.25, 0.3) is 11.8 Å². The van der Waals surface area contributed by atoms with Crippen molar-refractivity contribution in [3.63, 3.8) is 0 Å². The van der Waals surface area contributed by atoms with Gasteiger partial charge < -0.3 is 15.0 Å². The molecular weight excluding hydrogens is 509 g/mol. The summed E-state index contributed by atoms with van der Waals surface area (Å²) in [5.74, 6) is 0.139. The normalized spacial score (nSPS) is 16.8. The van der Waals surface area contributed by atoms with Crippen LogP contribution in [0.1, 0.15) is 57.7 Å². The second-order valence-electron chi connectivity index (χ2n) is 10.3. The number of aromatic nitrogens is 1. The number of nitrogens with one attached hydrogen (secondary N) is 1. The Morgan fingerprint density at radius 3 is 2.27 bits per heavy atom. The van der Waals surface area contributed by atoms with Crippen LogP contribution in [0.3, 0.4) is 0 Å². The van der Waals surface area contributed by atoms with Crippen LogP contribution in [0.2, 0.25) is 0 Å². The molecule has 2 amide bonds. The van der Waals surface area contributed by atoms with Gasteiger partial charge in [-0.25, -0.2) is 4.39 Å². The Hall–Kier alpha value is -4.29. The van der Waals surface area contributed by atoms with Gasteiger partial charge in [0.2, 0.25) is 0 Å². The minimum absolute atomic E-state index is 0.00537. The Balaban J connectivity index is 1.05. The molecule has 0 saturated carbocycles. The summed E-state index contributed by atoms with van der Waals surface area (Å²) in [6.45, 7) is 3.59. The van der Waals surface area contributed by atoms with Crippen LogP contribution >= 0.6 is 0 Å². The Morgan fingerprint density at radius 2 is 1.65 bits per heavy atom. The maximum absolute atomic E-state index is 13.1. The van der Waals surface area contributed by atoms with Crippen LogP contribution in [0.4, 0.5) is 4.39 Å². The first-order chi connectivity index (χ1) is 19.5. The molecule has 0 atom stereocenters. The molecule has 9 heteroatoms. The number of hydrogen-bond donors (Lipinski definition) is 1. The molecule has 3 aromatic rings. The summed E-state index contributed by atoms with van der Waals surface area (Å²) in [4.78, 5) is 34.1. The van der Waals surface area contributed by atoms with Gasteiger partial charge in [-0.3, -0.25) is 19.5 Å². The van der Waals surface area contributed by atoms with E-state index in [0.29, 0.717) is 42.8 Å². The van der Waals surface area contributed by atoms with E-state index < -0.39 is 0 Å². The van der Waals surface area contributed by atoms with Crippen molar-refractivity contribution >= 4 is 11.8 Å². The molecule has 2 saturated heterocycles. The number of carbonyl (C=O) groups is 2. The number of piperidine rings is 2. The van der Waals surface area contributed by atoms with Crippen molar-refractivity contribution in [3.8, 4) is 11.8 Å². The van der Waals surface area contributed by atoms with Crippen molar-refractivity contribution in [2.75, 3.05) is 26.2 Å². The first-order valence-electron chi connectivity index (χ1n) is 13.7. The molecule has 1 N–H and O–H groups in total. The van der Waals surface area contributed by atoms with Crippen LogP contribution < -0.4 is 10.1 Å². The number of likely N-dealkylation sites (tertiary alicyclic amines) is 2. The molecule has 0 spiro atoms. The van der Waals surface area contributed by atoms with E-state index in [2.05, 4.69) is 21.3 Å². The van der Waals surface area contributed by atoms with Gasteiger partial charge in [-0.1, -0.05) is 12.1 Å². The lowest BCUT2D eigenvalue weighted by Gasteiger charge is -2.32. The molecule has 2 aliphatic rings. The summed E-state index contributed by atoms with van der Waals surface area (Å²) in [7, 11) is 0. The molecule has 5 rings (SSSR count). The molecule has 206 valence electrons. The fraction of sp³-hybridized carbons (Fsp3) is 0.355. The highest BCUT2D eigenvalue weighted by Gasteiger charge is 2.26. The number of rotatable bonds is 7. The molecule has 3 heterocycles. The summed E-state index contributed by atoms with van der Waals surface area (Å²) >= 11 is 0. The lowest BCUT2D eigenvalue weighted by Crippen LogP contribution is -2.44. The van der Waals surface area contributed by atoms with Crippen molar-refractivity contribution in [2.24, 2.45) is 0 Å². The minimum Gasteiger partial charge on any atom is -0.490 e. The number of hydrogen-bond acceptors (Lipinski definition) is 6. The summed E-state index contributed by atoms with van der Waals surface area (Å²) in [5.41, 5.74) is 2.41. The van der Waals surface area contributed by atoms with E-state index >= 15 is 0 Å². The van der Waals surface area contributed by atoms with Gasteiger partial charge in [0.1, 0.15) is 23.4 Å². The Morgan fingerprint density at radius 1 is 0.950 bits per heavy atom. The summed E-state index contributed by atoms with van der Waals surface area (Å²) in [6.07, 6.45) is 4.55. The molecule has 0 aliphatic carbocycles. The van der Waals surface area contributed by atoms with Gasteiger partial charge in [-0.15, -0.1) is 0 Å². The van der Waals surface area contributed by atoms with Gasteiger partial charge >= 0.3 is 0 Å². The highest BCUT2D eigenvalue weighted by atomic mass is 19.1. The van der Waals surface area contributed by atoms with Gasteiger partial charge in [0, 0.05) is 57.8 Å². The Bertz CT molecular complexity index is 1340. The van der Waals surface area contributed by atoms with Crippen LogP contribution in [0.25, 0.3) is 0 Å². The fourth-order valence-electron chi connectivity index (χ4n) is 5.15. The highest BCUT2D eigenvalue weighted by molar-refractivity contribution is 5.96. The maximum Gasteiger partial charge on any atom is 0.272 e. The van der Waals surface area contributed by atoms with E-state index in [0.717, 1.165) is 43.8 Å². The lowest BCUT2D eigenvalue weighted by atomic mass is 10.0. The van der Waals surface area contributed by atoms with E-state index in [1.165, 1.54) is 18.3 Å². The topological polar surface area (TPSA) is 98.6 Å². The molecule has 2 aliphatic heterocycles. The van der Waals surface area contributed by atoms with E-state index in [1.807, 2.05) is 0 Å². The third-order valence-electron chi connectivity index (χ3n) is 7.50. The van der Waals surface area contributed by atoms with Gasteiger partial charge in [-0.2, -0.15) is 5.26 Å². The van der Waals surface area contributed by atoms with Crippen LogP contribution in [-0.2, 0) is 6.54 Å². The molecule has 2 fully saturated rings. The molecular formula is C31H32FN5O3. The van der Waals surface area contributed by atoms with Crippen LogP contribution in [0, 0.1) is 17.1 Å². The minimum atomic E-state index is -0.232. The summed E-state index contributed by atoms with van der Waals surface area (Å²) in [5, 5.41) is 12.0. The summed E-state index contributed by atoms with van der Waals surface area (Å²) < 4.78 is 19.1. The van der Waals surface area contributed by atoms with Crippen molar-refractivity contribution in [1.82, 2.24) is 20.1 Å². The largest absolute Gasteiger partial charge is 0.490 e. The van der Waals surface area contributed by atoms with Crippen LogP contribution in [-0.4, -0.2) is 64.9 Å². The predicted molar refractivity (Wildman–Crippen MR) is 147 cm³/mol. The van der Waals surface area contributed by atoms with Gasteiger partial charge in [-0.05, 0) is 66.9 Å². The fourth-order valence-corrected chi connectivity index (χ4v) is 5.15. The molecule has 1 aromatic heterocycles. The maximum atomic E-state index is 13.1. The molecule has 2 aromatic carbocycles. The zero-order chi connectivity index (χ0) is 27.9. The third kappa shape index (κ3) is 7.01. The van der Waals surface area contributed by atoms with E-state index in [1.54, 1.807) is 53.4 Å². The van der Waals surface area contributed by atoms with Crippen molar-refractivity contribution < 1.29 is 18.7 Å². The zero-order valence-electron chi connectivity index (χ0n) is 22.3. The zero-order valence-corrected chi connectivity index (χ0v) is 22.3. The second kappa shape index (κ2) is 12.7. The number of nitriles is 1. The molecule has 40 heavy (non-hydrogen) atoms. The number of nitrogens with zero attached hydrogens (tertiary/aromatic N) is 4. The SMILES string of the molecule is N#Cc1ccc(OC2CCN(C(=O)c3ccc(C(=O)NC4CCN(Cc5ccc(F)cc5)CC4)cn3)CC2)cc1. The average Bonchev–Trinajstić information content (AvgIpc) is 3.00. The predicted octanol–water partition coefficient (Wildman–Crippen LogP) is 4.17. The quantitative estimate of drug-likeness (QED) is 0.482. The Labute approximate surface area is 233 Å². The monoisotopic (exact) mass is 541 g/mol. The number of amides is 2. The van der Waals surface area contributed by atoms with Crippen molar-refractivity contribution in [3.05, 3.63) is 95.1 Å². The first kappa shape index (κ1) is 27.3. The lowest BCUT2D eigenvalue weighted by molar-refractivity contribution is 0.0589. The molecule has 8 nitrogen and oxygen atoms in total. The third-order valence-corrected chi connectivity index (χ3v) is 7.50. The average molecular weight is 542 g/mol. The van der Waals surface area contributed by atoms with Gasteiger partial charge in [0.05, 0.1) is 17.2 Å². The number of carbonyl (C=O) groups excluding carboxylic acids is 2. The highest BCUT2D eigenvalue weighted by Crippen LogP contribution is 2.21. The van der Waals surface area contributed by atoms with Crippen LogP contribution in [0.5, 0.6) is 5.75 Å². The molecule has 0 unspecified atom stereocenters.